The summed E-state index contributed by atoms with van der Waals surface area (Å²) >= 11 is 0. The molecule has 2 N–H and O–H groups in total. The molecule has 0 saturated heterocycles. The quantitative estimate of drug-likeness (QED) is 0.507. The summed E-state index contributed by atoms with van der Waals surface area (Å²) in [6.07, 6.45) is 0. The minimum atomic E-state index is -3.86. The van der Waals surface area contributed by atoms with Crippen LogP contribution in [-0.2, 0) is 36.3 Å². The number of carbonyl (C=O) groups excluding carboxylic acids is 2. The number of esters is 1. The maximum Gasteiger partial charge on any atom is 0.326 e. The number of imidazole rings is 1. The number of rotatable bonds is 7. The third-order valence-corrected chi connectivity index (χ3v) is 6.15. The predicted molar refractivity (Wildman–Crippen MR) is 127 cm³/mol. The van der Waals surface area contributed by atoms with Gasteiger partial charge in [-0.25, -0.2) is 13.4 Å². The number of benzene rings is 2. The van der Waals surface area contributed by atoms with Gasteiger partial charge in [-0.1, -0.05) is 20.8 Å². The summed E-state index contributed by atoms with van der Waals surface area (Å²) in [5.41, 5.74) is 1.77. The number of nitrogens with zero attached hydrogens (tertiary/aromatic N) is 2. The summed E-state index contributed by atoms with van der Waals surface area (Å²) in [7, 11) is -3.86. The number of fused-ring (bicyclic) bond motifs is 1. The molecule has 176 valence electrons. The summed E-state index contributed by atoms with van der Waals surface area (Å²) in [6.45, 7) is 9.40. The van der Waals surface area contributed by atoms with Gasteiger partial charge in [-0.2, -0.15) is 0 Å². The molecule has 9 nitrogen and oxygen atoms in total. The van der Waals surface area contributed by atoms with Gasteiger partial charge in [-0.15, -0.1) is 0 Å². The van der Waals surface area contributed by atoms with E-state index in [9.17, 15) is 18.0 Å². The molecule has 2 aromatic carbocycles. The first-order valence-electron chi connectivity index (χ1n) is 10.5. The number of anilines is 2. The highest BCUT2D eigenvalue weighted by Gasteiger charge is 2.25. The Labute approximate surface area is 193 Å². The standard InChI is InChI=1S/C23H28N4O5S/c1-6-32-21(29)14-27-20-12-9-17(13-19(20)25-22(27)23(3,4)5)26-33(30,31)18-10-7-16(8-11-18)24-15(2)28/h7-13,26H,6,14H2,1-5H3,(H,24,28). The molecule has 0 aliphatic heterocycles. The van der Waals surface area contributed by atoms with Crippen LogP contribution in [0.3, 0.4) is 0 Å². The third-order valence-electron chi connectivity index (χ3n) is 4.75. The van der Waals surface area contributed by atoms with Crippen LogP contribution in [0, 0.1) is 0 Å². The first-order valence-corrected chi connectivity index (χ1v) is 12.0. The number of amides is 1. The summed E-state index contributed by atoms with van der Waals surface area (Å²) in [5, 5.41) is 2.60. The summed E-state index contributed by atoms with van der Waals surface area (Å²) < 4.78 is 35.1. The van der Waals surface area contributed by atoms with E-state index in [4.69, 9.17) is 4.74 Å². The van der Waals surface area contributed by atoms with Gasteiger partial charge in [0.2, 0.25) is 5.91 Å². The maximum atomic E-state index is 12.8. The topological polar surface area (TPSA) is 119 Å². The van der Waals surface area contributed by atoms with Crippen LogP contribution in [0.15, 0.2) is 47.4 Å². The van der Waals surface area contributed by atoms with E-state index in [0.717, 1.165) is 0 Å². The Morgan fingerprint density at radius 1 is 1.06 bits per heavy atom. The monoisotopic (exact) mass is 472 g/mol. The summed E-state index contributed by atoms with van der Waals surface area (Å²) in [5.74, 6) is 0.0861. The molecular weight excluding hydrogens is 444 g/mol. The predicted octanol–water partition coefficient (Wildman–Crippen LogP) is 3.66. The smallest absolute Gasteiger partial charge is 0.326 e. The number of hydrogen-bond donors (Lipinski definition) is 2. The van der Waals surface area contributed by atoms with Crippen molar-refractivity contribution in [3.05, 3.63) is 48.3 Å². The molecule has 33 heavy (non-hydrogen) atoms. The number of carbonyl (C=O) groups is 2. The van der Waals surface area contributed by atoms with Crippen LogP contribution in [0.4, 0.5) is 11.4 Å². The average Bonchev–Trinajstić information content (AvgIpc) is 3.06. The zero-order chi connectivity index (χ0) is 24.4. The van der Waals surface area contributed by atoms with E-state index in [1.807, 2.05) is 20.8 Å². The lowest BCUT2D eigenvalue weighted by Crippen LogP contribution is -2.22. The van der Waals surface area contributed by atoms with Crippen LogP contribution in [0.1, 0.15) is 40.4 Å². The van der Waals surface area contributed by atoms with E-state index in [1.54, 1.807) is 29.7 Å². The van der Waals surface area contributed by atoms with Crippen LogP contribution < -0.4 is 10.0 Å². The Bertz CT molecular complexity index is 1290. The fourth-order valence-corrected chi connectivity index (χ4v) is 4.45. The van der Waals surface area contributed by atoms with E-state index >= 15 is 0 Å². The molecule has 1 heterocycles. The van der Waals surface area contributed by atoms with Crippen molar-refractivity contribution in [2.45, 2.75) is 51.5 Å². The van der Waals surface area contributed by atoms with Gasteiger partial charge in [0.1, 0.15) is 12.4 Å². The number of sulfonamides is 1. The van der Waals surface area contributed by atoms with Crippen LogP contribution in [-0.4, -0.2) is 36.5 Å². The first kappa shape index (κ1) is 24.2. The van der Waals surface area contributed by atoms with Crippen molar-refractivity contribution in [3.63, 3.8) is 0 Å². The molecule has 10 heteroatoms. The molecule has 0 aliphatic rings. The molecule has 0 unspecified atom stereocenters. The van der Waals surface area contributed by atoms with E-state index in [0.29, 0.717) is 28.2 Å². The van der Waals surface area contributed by atoms with Gasteiger partial charge >= 0.3 is 5.97 Å². The van der Waals surface area contributed by atoms with Crippen LogP contribution in [0.25, 0.3) is 11.0 Å². The minimum Gasteiger partial charge on any atom is -0.465 e. The van der Waals surface area contributed by atoms with Crippen LogP contribution in [0.5, 0.6) is 0 Å². The van der Waals surface area contributed by atoms with Crippen molar-refractivity contribution >= 4 is 44.3 Å². The molecule has 1 aromatic heterocycles. The molecule has 3 rings (SSSR count). The fraction of sp³-hybridized carbons (Fsp3) is 0.348. The summed E-state index contributed by atoms with van der Waals surface area (Å²) in [4.78, 5) is 28.0. The molecule has 1 amide bonds. The lowest BCUT2D eigenvalue weighted by Gasteiger charge is -2.19. The Morgan fingerprint density at radius 2 is 1.70 bits per heavy atom. The Balaban J connectivity index is 1.93. The van der Waals surface area contributed by atoms with Gasteiger partial charge in [0.05, 0.1) is 28.2 Å². The second-order valence-electron chi connectivity index (χ2n) is 8.59. The van der Waals surface area contributed by atoms with E-state index in [1.165, 1.54) is 31.2 Å². The van der Waals surface area contributed by atoms with Crippen molar-refractivity contribution in [2.75, 3.05) is 16.6 Å². The molecule has 0 radical (unpaired) electrons. The number of hydrogen-bond acceptors (Lipinski definition) is 6. The van der Waals surface area contributed by atoms with Crippen molar-refractivity contribution in [3.8, 4) is 0 Å². The molecule has 0 spiro atoms. The molecule has 0 fully saturated rings. The van der Waals surface area contributed by atoms with Gasteiger partial charge in [0.15, 0.2) is 0 Å². The zero-order valence-electron chi connectivity index (χ0n) is 19.3. The Morgan fingerprint density at radius 3 is 2.27 bits per heavy atom. The van der Waals surface area contributed by atoms with Crippen molar-refractivity contribution in [1.29, 1.82) is 0 Å². The van der Waals surface area contributed by atoms with E-state index in [2.05, 4.69) is 15.0 Å². The maximum absolute atomic E-state index is 12.8. The highest BCUT2D eigenvalue weighted by atomic mass is 32.2. The van der Waals surface area contributed by atoms with Gasteiger partial charge < -0.3 is 14.6 Å². The number of aromatic nitrogens is 2. The molecule has 0 bridgehead atoms. The van der Waals surface area contributed by atoms with E-state index in [-0.39, 0.29) is 35.3 Å². The number of nitrogens with one attached hydrogen (secondary N) is 2. The molecule has 0 saturated carbocycles. The van der Waals surface area contributed by atoms with Crippen molar-refractivity contribution in [1.82, 2.24) is 9.55 Å². The van der Waals surface area contributed by atoms with Gasteiger partial charge in [-0.05, 0) is 49.4 Å². The lowest BCUT2D eigenvalue weighted by atomic mass is 9.95. The number of ether oxygens (including phenoxy) is 1. The first-order chi connectivity index (χ1) is 15.4. The largest absolute Gasteiger partial charge is 0.465 e. The molecule has 0 aliphatic carbocycles. The SMILES string of the molecule is CCOC(=O)Cn1c(C(C)(C)C)nc2cc(NS(=O)(=O)c3ccc(NC(C)=O)cc3)ccc21. The van der Waals surface area contributed by atoms with Crippen molar-refractivity contribution < 1.29 is 22.7 Å². The molecular formula is C23H28N4O5S. The average molecular weight is 473 g/mol. The van der Waals surface area contributed by atoms with Gasteiger partial charge in [0, 0.05) is 18.0 Å². The molecule has 3 aromatic rings. The lowest BCUT2D eigenvalue weighted by molar-refractivity contribution is -0.143. The van der Waals surface area contributed by atoms with Gasteiger partial charge in [-0.3, -0.25) is 14.3 Å². The Hall–Kier alpha value is -3.40. The second kappa shape index (κ2) is 9.22. The van der Waals surface area contributed by atoms with Crippen LogP contribution >= 0.6 is 0 Å². The third kappa shape index (κ3) is 5.70. The minimum absolute atomic E-state index is 0.0165. The van der Waals surface area contributed by atoms with Gasteiger partial charge in [0.25, 0.3) is 10.0 Å². The van der Waals surface area contributed by atoms with Crippen molar-refractivity contribution in [2.24, 2.45) is 0 Å². The highest BCUT2D eigenvalue weighted by Crippen LogP contribution is 2.29. The zero-order valence-corrected chi connectivity index (χ0v) is 20.1. The fourth-order valence-electron chi connectivity index (χ4n) is 3.40. The normalized spacial score (nSPS) is 11.9. The second-order valence-corrected chi connectivity index (χ2v) is 10.3. The molecule has 0 atom stereocenters. The highest BCUT2D eigenvalue weighted by molar-refractivity contribution is 7.92. The Kier molecular flexibility index (Phi) is 6.78. The van der Waals surface area contributed by atoms with Crippen LogP contribution in [0.2, 0.25) is 0 Å². The van der Waals surface area contributed by atoms with E-state index < -0.39 is 10.0 Å². The summed E-state index contributed by atoms with van der Waals surface area (Å²) in [6, 6.07) is 10.9.